The van der Waals surface area contributed by atoms with Gasteiger partial charge in [-0.1, -0.05) is 0 Å². The van der Waals surface area contributed by atoms with Gasteiger partial charge >= 0.3 is 5.69 Å². The van der Waals surface area contributed by atoms with Gasteiger partial charge in [0.15, 0.2) is 5.65 Å². The third-order valence-electron chi connectivity index (χ3n) is 2.85. The number of aromatic amines is 1. The van der Waals surface area contributed by atoms with E-state index in [2.05, 4.69) is 22.1 Å². The van der Waals surface area contributed by atoms with Gasteiger partial charge in [-0.15, -0.1) is 11.3 Å². The van der Waals surface area contributed by atoms with Gasteiger partial charge in [0.05, 0.1) is 5.39 Å². The van der Waals surface area contributed by atoms with E-state index in [1.807, 2.05) is 13.8 Å². The van der Waals surface area contributed by atoms with Crippen LogP contribution in [0, 0.1) is 20.8 Å². The Morgan fingerprint density at radius 2 is 2.06 bits per heavy atom. The smallest absolute Gasteiger partial charge is 0.246 e. The Balaban J connectivity index is 2.72. The maximum atomic E-state index is 11.6. The molecule has 3 aromatic rings. The van der Waals surface area contributed by atoms with Crippen LogP contribution in [-0.4, -0.2) is 19.6 Å². The van der Waals surface area contributed by atoms with Crippen LogP contribution >= 0.6 is 11.3 Å². The van der Waals surface area contributed by atoms with Crippen LogP contribution in [0.5, 0.6) is 0 Å². The van der Waals surface area contributed by atoms with Crippen molar-refractivity contribution in [3.05, 3.63) is 26.7 Å². The zero-order chi connectivity index (χ0) is 11.4. The number of aryl methyl sites for hydroxylation is 3. The van der Waals surface area contributed by atoms with Crippen LogP contribution in [0.1, 0.15) is 16.3 Å². The van der Waals surface area contributed by atoms with Gasteiger partial charge in [-0.3, -0.25) is 0 Å². The molecular formula is C10H10N4OS. The predicted molar refractivity (Wildman–Crippen MR) is 63.2 cm³/mol. The van der Waals surface area contributed by atoms with Gasteiger partial charge < -0.3 is 0 Å². The molecule has 0 bridgehead atoms. The summed E-state index contributed by atoms with van der Waals surface area (Å²) in [4.78, 5) is 18.2. The average Bonchev–Trinajstić information content (AvgIpc) is 2.71. The predicted octanol–water partition coefficient (Wildman–Crippen LogP) is 1.56. The lowest BCUT2D eigenvalue weighted by atomic mass is 10.2. The Labute approximate surface area is 94.8 Å². The number of thiophene rings is 1. The van der Waals surface area contributed by atoms with E-state index in [1.54, 1.807) is 11.3 Å². The van der Waals surface area contributed by atoms with Crippen molar-refractivity contribution in [2.24, 2.45) is 0 Å². The van der Waals surface area contributed by atoms with Crippen LogP contribution in [0.15, 0.2) is 4.79 Å². The minimum absolute atomic E-state index is 0.231. The second kappa shape index (κ2) is 2.91. The van der Waals surface area contributed by atoms with Crippen molar-refractivity contribution < 1.29 is 0 Å². The fourth-order valence-corrected chi connectivity index (χ4v) is 2.98. The minimum Gasteiger partial charge on any atom is -0.246 e. The monoisotopic (exact) mass is 234 g/mol. The highest BCUT2D eigenvalue weighted by atomic mass is 32.1. The zero-order valence-electron chi connectivity index (χ0n) is 9.16. The summed E-state index contributed by atoms with van der Waals surface area (Å²) >= 11 is 1.64. The molecule has 0 atom stereocenters. The lowest BCUT2D eigenvalue weighted by Crippen LogP contribution is -2.12. The summed E-state index contributed by atoms with van der Waals surface area (Å²) in [6, 6.07) is 0. The van der Waals surface area contributed by atoms with Crippen LogP contribution in [0.2, 0.25) is 0 Å². The molecule has 0 aromatic carbocycles. The lowest BCUT2D eigenvalue weighted by molar-refractivity contribution is 0.952. The molecule has 0 aliphatic rings. The van der Waals surface area contributed by atoms with Gasteiger partial charge in [0.25, 0.3) is 0 Å². The standard InChI is InChI=1S/C10H10N4OS/c1-4-5(2)16-9-7(4)8-12-13-10(15)14(8)6(3)11-9/h1-3H3,(H,13,15). The third kappa shape index (κ3) is 1.02. The number of nitrogens with one attached hydrogen (secondary N) is 1. The van der Waals surface area contributed by atoms with Gasteiger partial charge in [-0.25, -0.2) is 19.3 Å². The van der Waals surface area contributed by atoms with Crippen molar-refractivity contribution in [3.8, 4) is 0 Å². The SMILES string of the molecule is Cc1sc2nc(C)n3c(=O)[nH]nc3c2c1C. The Morgan fingerprint density at radius 1 is 1.31 bits per heavy atom. The second-order valence-electron chi connectivity index (χ2n) is 3.81. The van der Waals surface area contributed by atoms with Gasteiger partial charge in [-0.05, 0) is 26.3 Å². The number of hydrogen-bond donors (Lipinski definition) is 1. The summed E-state index contributed by atoms with van der Waals surface area (Å²) in [5.74, 6) is 0.669. The molecule has 0 spiro atoms. The van der Waals surface area contributed by atoms with Gasteiger partial charge in [-0.2, -0.15) is 5.10 Å². The summed E-state index contributed by atoms with van der Waals surface area (Å²) in [6.45, 7) is 5.90. The van der Waals surface area contributed by atoms with Crippen LogP contribution in [0.3, 0.4) is 0 Å². The van der Waals surface area contributed by atoms with Crippen molar-refractivity contribution in [3.63, 3.8) is 0 Å². The van der Waals surface area contributed by atoms with Crippen LogP contribution in [0.4, 0.5) is 0 Å². The summed E-state index contributed by atoms with van der Waals surface area (Å²) in [6.07, 6.45) is 0. The molecule has 0 aliphatic heterocycles. The van der Waals surface area contributed by atoms with Crippen LogP contribution in [0.25, 0.3) is 15.9 Å². The quantitative estimate of drug-likeness (QED) is 0.642. The Hall–Kier alpha value is -1.69. The Bertz CT molecular complexity index is 764. The summed E-state index contributed by atoms with van der Waals surface area (Å²) < 4.78 is 1.52. The molecule has 3 rings (SSSR count). The van der Waals surface area contributed by atoms with E-state index in [9.17, 15) is 4.79 Å². The topological polar surface area (TPSA) is 63.1 Å². The van der Waals surface area contributed by atoms with E-state index in [-0.39, 0.29) is 5.69 Å². The highest BCUT2D eigenvalue weighted by Gasteiger charge is 2.15. The molecule has 0 fully saturated rings. The first kappa shape index (κ1) is 9.53. The first-order valence-corrected chi connectivity index (χ1v) is 5.74. The maximum absolute atomic E-state index is 11.6. The molecule has 0 aliphatic carbocycles. The molecular weight excluding hydrogens is 224 g/mol. The highest BCUT2D eigenvalue weighted by molar-refractivity contribution is 7.18. The molecule has 0 unspecified atom stereocenters. The van der Waals surface area contributed by atoms with Crippen molar-refractivity contribution in [2.75, 3.05) is 0 Å². The molecule has 1 N–H and O–H groups in total. The fraction of sp³-hybridized carbons (Fsp3) is 0.300. The largest absolute Gasteiger partial charge is 0.349 e. The van der Waals surface area contributed by atoms with E-state index in [0.717, 1.165) is 15.8 Å². The molecule has 3 aromatic heterocycles. The average molecular weight is 234 g/mol. The van der Waals surface area contributed by atoms with E-state index >= 15 is 0 Å². The van der Waals surface area contributed by atoms with Crippen molar-refractivity contribution in [1.82, 2.24) is 19.6 Å². The molecule has 0 saturated heterocycles. The van der Waals surface area contributed by atoms with Gasteiger partial charge in [0.1, 0.15) is 10.7 Å². The number of fused-ring (bicyclic) bond motifs is 3. The summed E-state index contributed by atoms with van der Waals surface area (Å²) in [5, 5.41) is 7.52. The molecule has 82 valence electrons. The first-order valence-electron chi connectivity index (χ1n) is 4.93. The number of rotatable bonds is 0. The van der Waals surface area contributed by atoms with E-state index < -0.39 is 0 Å². The maximum Gasteiger partial charge on any atom is 0.349 e. The van der Waals surface area contributed by atoms with Gasteiger partial charge in [0, 0.05) is 4.88 Å². The van der Waals surface area contributed by atoms with Crippen molar-refractivity contribution in [1.29, 1.82) is 0 Å². The Kier molecular flexibility index (Phi) is 1.74. The van der Waals surface area contributed by atoms with Crippen molar-refractivity contribution in [2.45, 2.75) is 20.8 Å². The Morgan fingerprint density at radius 3 is 2.81 bits per heavy atom. The van der Waals surface area contributed by atoms with E-state index in [4.69, 9.17) is 0 Å². The molecule has 5 nitrogen and oxygen atoms in total. The zero-order valence-corrected chi connectivity index (χ0v) is 9.97. The third-order valence-corrected chi connectivity index (χ3v) is 3.95. The molecule has 3 heterocycles. The number of aromatic nitrogens is 4. The molecule has 0 amide bonds. The molecule has 16 heavy (non-hydrogen) atoms. The lowest BCUT2D eigenvalue weighted by Gasteiger charge is -1.98. The van der Waals surface area contributed by atoms with Crippen LogP contribution < -0.4 is 5.69 Å². The normalized spacial score (nSPS) is 11.7. The van der Waals surface area contributed by atoms with E-state index in [1.165, 1.54) is 9.28 Å². The number of hydrogen-bond acceptors (Lipinski definition) is 4. The number of H-pyrrole nitrogens is 1. The van der Waals surface area contributed by atoms with E-state index in [0.29, 0.717) is 11.5 Å². The molecule has 0 radical (unpaired) electrons. The second-order valence-corrected chi connectivity index (χ2v) is 5.01. The summed E-state index contributed by atoms with van der Waals surface area (Å²) in [5.41, 5.74) is 1.59. The summed E-state index contributed by atoms with van der Waals surface area (Å²) in [7, 11) is 0. The van der Waals surface area contributed by atoms with Gasteiger partial charge in [0.2, 0.25) is 0 Å². The first-order chi connectivity index (χ1) is 7.59. The highest BCUT2D eigenvalue weighted by Crippen LogP contribution is 2.30. The molecule has 6 heteroatoms. The van der Waals surface area contributed by atoms with Crippen LogP contribution in [-0.2, 0) is 0 Å². The number of nitrogens with zero attached hydrogens (tertiary/aromatic N) is 3. The fourth-order valence-electron chi connectivity index (χ4n) is 1.91. The molecule has 0 saturated carbocycles. The minimum atomic E-state index is -0.231. The van der Waals surface area contributed by atoms with Crippen molar-refractivity contribution >= 4 is 27.2 Å².